The van der Waals surface area contributed by atoms with E-state index in [-0.39, 0.29) is 6.10 Å². The Hall–Kier alpha value is -2.71. The van der Waals surface area contributed by atoms with Crippen molar-refractivity contribution in [2.45, 2.75) is 17.4 Å². The third-order valence-corrected chi connectivity index (χ3v) is 6.07. The molecule has 7 nitrogen and oxygen atoms in total. The zero-order chi connectivity index (χ0) is 21.3. The van der Waals surface area contributed by atoms with Gasteiger partial charge in [-0.3, -0.25) is 9.67 Å². The van der Waals surface area contributed by atoms with E-state index in [2.05, 4.69) is 39.6 Å². The van der Waals surface area contributed by atoms with Crippen LogP contribution in [0.4, 0.5) is 0 Å². The van der Waals surface area contributed by atoms with Gasteiger partial charge in [-0.15, -0.1) is 11.8 Å². The lowest BCUT2D eigenvalue weighted by Gasteiger charge is -2.35. The molecule has 2 aromatic heterocycles. The van der Waals surface area contributed by atoms with Gasteiger partial charge in [-0.1, -0.05) is 18.2 Å². The van der Waals surface area contributed by atoms with E-state index in [4.69, 9.17) is 14.1 Å². The van der Waals surface area contributed by atoms with Crippen LogP contribution < -0.4 is 5.32 Å². The Labute approximate surface area is 187 Å². The summed E-state index contributed by atoms with van der Waals surface area (Å²) in [6, 6.07) is 14.4. The summed E-state index contributed by atoms with van der Waals surface area (Å²) in [5.74, 6) is 2.85. The number of thioether (sulfide) groups is 1. The maximum Gasteiger partial charge on any atom is 0.194 e. The van der Waals surface area contributed by atoms with Gasteiger partial charge in [0.1, 0.15) is 11.9 Å². The van der Waals surface area contributed by atoms with Crippen LogP contribution >= 0.6 is 11.8 Å². The molecule has 1 fully saturated rings. The average molecular weight is 440 g/mol. The van der Waals surface area contributed by atoms with E-state index >= 15 is 0 Å². The van der Waals surface area contributed by atoms with E-state index in [0.29, 0.717) is 13.2 Å². The summed E-state index contributed by atoms with van der Waals surface area (Å²) >= 11 is 1.84. The fraction of sp³-hybridized carbons (Fsp3) is 0.391. The highest BCUT2D eigenvalue weighted by atomic mass is 32.2. The first-order valence-electron chi connectivity index (χ1n) is 10.6. The van der Waals surface area contributed by atoms with Crippen LogP contribution in [0.15, 0.2) is 75.4 Å². The number of ether oxygens (including phenoxy) is 1. The maximum absolute atomic E-state index is 6.01. The van der Waals surface area contributed by atoms with Crippen LogP contribution in [0.25, 0.3) is 0 Å². The number of aliphatic imine (C=N–C) groups is 1. The molecule has 0 aliphatic carbocycles. The normalized spacial score (nSPS) is 17.1. The largest absolute Gasteiger partial charge is 0.469 e. The van der Waals surface area contributed by atoms with Crippen LogP contribution in [0.2, 0.25) is 0 Å². The summed E-state index contributed by atoms with van der Waals surface area (Å²) in [5, 5.41) is 7.85. The van der Waals surface area contributed by atoms with Crippen molar-refractivity contribution in [2.75, 3.05) is 38.5 Å². The SMILES string of the molecule is Cn1cc(C2CN(C(=NCCc3ccco3)NCCSc3ccccc3)CCO2)cn1. The molecule has 31 heavy (non-hydrogen) atoms. The van der Waals surface area contributed by atoms with Gasteiger partial charge >= 0.3 is 0 Å². The fourth-order valence-electron chi connectivity index (χ4n) is 3.49. The Morgan fingerprint density at radius 3 is 2.94 bits per heavy atom. The molecule has 164 valence electrons. The third kappa shape index (κ3) is 6.38. The number of rotatable bonds is 8. The number of furan rings is 1. The van der Waals surface area contributed by atoms with Crippen molar-refractivity contribution in [3.8, 4) is 0 Å². The Bertz CT molecular complexity index is 942. The van der Waals surface area contributed by atoms with Crippen molar-refractivity contribution in [1.29, 1.82) is 0 Å². The van der Waals surface area contributed by atoms with Crippen LogP contribution in [0.1, 0.15) is 17.4 Å². The summed E-state index contributed by atoms with van der Waals surface area (Å²) in [5.41, 5.74) is 1.10. The molecule has 3 heterocycles. The lowest BCUT2D eigenvalue weighted by Crippen LogP contribution is -2.48. The van der Waals surface area contributed by atoms with Crippen molar-refractivity contribution < 1.29 is 9.15 Å². The second-order valence-electron chi connectivity index (χ2n) is 7.38. The van der Waals surface area contributed by atoms with Gasteiger partial charge in [-0.05, 0) is 24.3 Å². The Kier molecular flexibility index (Phi) is 7.68. The second kappa shape index (κ2) is 11.1. The van der Waals surface area contributed by atoms with Crippen LogP contribution in [0.5, 0.6) is 0 Å². The number of aromatic nitrogens is 2. The first kappa shape index (κ1) is 21.5. The summed E-state index contributed by atoms with van der Waals surface area (Å²) < 4.78 is 13.3. The molecule has 1 aromatic carbocycles. The van der Waals surface area contributed by atoms with Gasteiger partial charge in [-0.25, -0.2) is 0 Å². The highest BCUT2D eigenvalue weighted by Crippen LogP contribution is 2.22. The van der Waals surface area contributed by atoms with Gasteiger partial charge in [0.15, 0.2) is 5.96 Å². The number of morpholine rings is 1. The molecule has 0 saturated carbocycles. The van der Waals surface area contributed by atoms with Gasteiger partial charge in [0.25, 0.3) is 0 Å². The molecular weight excluding hydrogens is 410 g/mol. The van der Waals surface area contributed by atoms with E-state index < -0.39 is 0 Å². The molecule has 8 heteroatoms. The predicted octanol–water partition coefficient (Wildman–Crippen LogP) is 3.37. The number of benzene rings is 1. The van der Waals surface area contributed by atoms with Gasteiger partial charge in [-0.2, -0.15) is 5.10 Å². The Morgan fingerprint density at radius 1 is 1.26 bits per heavy atom. The van der Waals surface area contributed by atoms with Crippen molar-refractivity contribution in [1.82, 2.24) is 20.0 Å². The van der Waals surface area contributed by atoms with Gasteiger partial charge in [0.2, 0.25) is 0 Å². The number of guanidine groups is 1. The Morgan fingerprint density at radius 2 is 2.16 bits per heavy atom. The van der Waals surface area contributed by atoms with E-state index in [1.807, 2.05) is 54.1 Å². The van der Waals surface area contributed by atoms with E-state index in [1.165, 1.54) is 4.90 Å². The van der Waals surface area contributed by atoms with Gasteiger partial charge < -0.3 is 19.4 Å². The molecule has 0 radical (unpaired) electrons. The smallest absolute Gasteiger partial charge is 0.194 e. The minimum Gasteiger partial charge on any atom is -0.469 e. The maximum atomic E-state index is 6.01. The summed E-state index contributed by atoms with van der Waals surface area (Å²) in [6.07, 6.45) is 6.39. The predicted molar refractivity (Wildman–Crippen MR) is 123 cm³/mol. The second-order valence-corrected chi connectivity index (χ2v) is 8.54. The minimum absolute atomic E-state index is 0.00165. The molecule has 3 aromatic rings. The van der Waals surface area contributed by atoms with Crippen molar-refractivity contribution in [3.63, 3.8) is 0 Å². The number of hydrogen-bond acceptors (Lipinski definition) is 5. The lowest BCUT2D eigenvalue weighted by molar-refractivity contribution is -0.00803. The lowest BCUT2D eigenvalue weighted by atomic mass is 10.1. The zero-order valence-corrected chi connectivity index (χ0v) is 18.6. The standard InChI is InChI=1S/C23H29N5O2S/c1-27-17-19(16-26-27)22-18-28(12-14-30-22)23(24-10-9-20-6-5-13-29-20)25-11-15-31-21-7-3-2-4-8-21/h2-8,13,16-17,22H,9-12,14-15,18H2,1H3,(H,24,25). The van der Waals surface area contributed by atoms with Crippen molar-refractivity contribution in [2.24, 2.45) is 12.0 Å². The molecule has 1 saturated heterocycles. The molecule has 1 unspecified atom stereocenters. The zero-order valence-electron chi connectivity index (χ0n) is 17.8. The summed E-state index contributed by atoms with van der Waals surface area (Å²) in [6.45, 7) is 3.75. The molecule has 1 atom stereocenters. The van der Waals surface area contributed by atoms with Crippen molar-refractivity contribution >= 4 is 17.7 Å². The van der Waals surface area contributed by atoms with Crippen molar-refractivity contribution in [3.05, 3.63) is 72.4 Å². The van der Waals surface area contributed by atoms with Crippen LogP contribution in [-0.2, 0) is 18.2 Å². The highest BCUT2D eigenvalue weighted by molar-refractivity contribution is 7.99. The summed E-state index contributed by atoms with van der Waals surface area (Å²) in [7, 11) is 1.93. The molecule has 1 aliphatic rings. The highest BCUT2D eigenvalue weighted by Gasteiger charge is 2.25. The molecule has 1 N–H and O–H groups in total. The van der Waals surface area contributed by atoms with Crippen LogP contribution in [0.3, 0.4) is 0 Å². The molecule has 0 bridgehead atoms. The van der Waals surface area contributed by atoms with Gasteiger partial charge in [0.05, 0.1) is 25.6 Å². The molecule has 1 aliphatic heterocycles. The summed E-state index contributed by atoms with van der Waals surface area (Å²) in [4.78, 5) is 8.46. The minimum atomic E-state index is -0.00165. The average Bonchev–Trinajstić information content (AvgIpc) is 3.48. The first-order valence-corrected chi connectivity index (χ1v) is 11.6. The number of hydrogen-bond donors (Lipinski definition) is 1. The third-order valence-electron chi connectivity index (χ3n) is 5.06. The first-order chi connectivity index (χ1) is 15.3. The molecule has 4 rings (SSSR count). The Balaban J connectivity index is 1.37. The van der Waals surface area contributed by atoms with Crippen LogP contribution in [-0.4, -0.2) is 59.2 Å². The molecule has 0 spiro atoms. The molecular formula is C23H29N5O2S. The number of aryl methyl sites for hydroxylation is 1. The number of nitrogens with zero attached hydrogens (tertiary/aromatic N) is 4. The van der Waals surface area contributed by atoms with E-state index in [9.17, 15) is 0 Å². The van der Waals surface area contributed by atoms with Crippen LogP contribution in [0, 0.1) is 0 Å². The van der Waals surface area contributed by atoms with E-state index in [1.54, 1.807) is 6.26 Å². The van der Waals surface area contributed by atoms with Gasteiger partial charge in [0, 0.05) is 55.5 Å². The number of nitrogens with one attached hydrogen (secondary N) is 1. The van der Waals surface area contributed by atoms with E-state index in [0.717, 1.165) is 49.1 Å². The fourth-order valence-corrected chi connectivity index (χ4v) is 4.28. The molecule has 0 amide bonds. The topological polar surface area (TPSA) is 67.8 Å². The monoisotopic (exact) mass is 439 g/mol. The quantitative estimate of drug-likeness (QED) is 0.251.